The van der Waals surface area contributed by atoms with Gasteiger partial charge in [0.1, 0.15) is 0 Å². The molecule has 0 spiro atoms. The molecule has 1 aromatic heterocycles. The summed E-state index contributed by atoms with van der Waals surface area (Å²) in [6.07, 6.45) is 3.70. The SMILES string of the molecule is COCCN(CCBr)Cc1cncc(Br)c1. The van der Waals surface area contributed by atoms with Crippen LogP contribution in [0.3, 0.4) is 0 Å². The quantitative estimate of drug-likeness (QED) is 0.706. The van der Waals surface area contributed by atoms with Crippen molar-refractivity contribution in [3.63, 3.8) is 0 Å². The zero-order chi connectivity index (χ0) is 11.8. The van der Waals surface area contributed by atoms with Crippen molar-refractivity contribution in [3.8, 4) is 0 Å². The molecule has 0 aliphatic carbocycles. The average Bonchev–Trinajstić information content (AvgIpc) is 2.26. The van der Waals surface area contributed by atoms with E-state index in [4.69, 9.17) is 4.74 Å². The van der Waals surface area contributed by atoms with Crippen molar-refractivity contribution in [3.05, 3.63) is 28.5 Å². The first-order valence-electron chi connectivity index (χ1n) is 5.13. The van der Waals surface area contributed by atoms with Crippen molar-refractivity contribution in [2.75, 3.05) is 32.1 Å². The van der Waals surface area contributed by atoms with Crippen molar-refractivity contribution in [2.24, 2.45) is 0 Å². The van der Waals surface area contributed by atoms with Crippen LogP contribution in [0.2, 0.25) is 0 Å². The van der Waals surface area contributed by atoms with E-state index in [1.54, 1.807) is 13.3 Å². The number of methoxy groups -OCH3 is 1. The summed E-state index contributed by atoms with van der Waals surface area (Å²) in [6.45, 7) is 3.61. The van der Waals surface area contributed by atoms with E-state index >= 15 is 0 Å². The molecule has 0 atom stereocenters. The van der Waals surface area contributed by atoms with E-state index < -0.39 is 0 Å². The van der Waals surface area contributed by atoms with E-state index in [1.807, 2.05) is 6.20 Å². The van der Waals surface area contributed by atoms with Gasteiger partial charge < -0.3 is 4.74 Å². The Morgan fingerprint density at radius 3 is 2.81 bits per heavy atom. The minimum absolute atomic E-state index is 0.758. The molecule has 5 heteroatoms. The van der Waals surface area contributed by atoms with Gasteiger partial charge in [-0.3, -0.25) is 9.88 Å². The number of ether oxygens (including phenoxy) is 1. The summed E-state index contributed by atoms with van der Waals surface area (Å²) in [6, 6.07) is 2.10. The molecular weight excluding hydrogens is 336 g/mol. The molecule has 0 aliphatic rings. The lowest BCUT2D eigenvalue weighted by molar-refractivity contribution is 0.148. The number of halogens is 2. The van der Waals surface area contributed by atoms with Crippen molar-refractivity contribution in [1.82, 2.24) is 9.88 Å². The third kappa shape index (κ3) is 5.39. The Morgan fingerprint density at radius 2 is 2.19 bits per heavy atom. The van der Waals surface area contributed by atoms with Gasteiger partial charge in [0.25, 0.3) is 0 Å². The number of pyridine rings is 1. The van der Waals surface area contributed by atoms with Crippen LogP contribution in [0, 0.1) is 0 Å². The zero-order valence-electron chi connectivity index (χ0n) is 9.33. The molecule has 1 rings (SSSR count). The number of nitrogens with zero attached hydrogens (tertiary/aromatic N) is 2. The highest BCUT2D eigenvalue weighted by Crippen LogP contribution is 2.11. The van der Waals surface area contributed by atoms with E-state index in [-0.39, 0.29) is 0 Å². The highest BCUT2D eigenvalue weighted by atomic mass is 79.9. The van der Waals surface area contributed by atoms with Crippen LogP contribution >= 0.6 is 31.9 Å². The van der Waals surface area contributed by atoms with Crippen LogP contribution in [0.1, 0.15) is 5.56 Å². The van der Waals surface area contributed by atoms with Gasteiger partial charge in [0.2, 0.25) is 0 Å². The van der Waals surface area contributed by atoms with Gasteiger partial charge in [0.15, 0.2) is 0 Å². The third-order valence-corrected chi connectivity index (χ3v) is 2.97. The summed E-state index contributed by atoms with van der Waals surface area (Å²) < 4.78 is 6.12. The maximum atomic E-state index is 5.10. The van der Waals surface area contributed by atoms with E-state index in [0.717, 1.165) is 36.0 Å². The smallest absolute Gasteiger partial charge is 0.0589 e. The van der Waals surface area contributed by atoms with Gasteiger partial charge in [-0.1, -0.05) is 15.9 Å². The molecule has 0 saturated carbocycles. The number of rotatable bonds is 7. The standard InChI is InChI=1S/C11H16Br2N2O/c1-16-5-4-15(3-2-12)9-10-6-11(13)8-14-7-10/h6-8H,2-5,9H2,1H3. The second-order valence-corrected chi connectivity index (χ2v) is 5.18. The van der Waals surface area contributed by atoms with Crippen molar-refractivity contribution in [1.29, 1.82) is 0 Å². The summed E-state index contributed by atoms with van der Waals surface area (Å²) >= 11 is 6.89. The Morgan fingerprint density at radius 1 is 1.38 bits per heavy atom. The first-order valence-corrected chi connectivity index (χ1v) is 7.04. The van der Waals surface area contributed by atoms with Crippen LogP contribution in [0.25, 0.3) is 0 Å². The van der Waals surface area contributed by atoms with Crippen LogP contribution in [0.5, 0.6) is 0 Å². The largest absolute Gasteiger partial charge is 0.383 e. The Bertz CT molecular complexity index is 310. The number of aromatic nitrogens is 1. The summed E-state index contributed by atoms with van der Waals surface area (Å²) in [5.41, 5.74) is 1.21. The van der Waals surface area contributed by atoms with Crippen molar-refractivity contribution in [2.45, 2.75) is 6.54 Å². The van der Waals surface area contributed by atoms with Gasteiger partial charge >= 0.3 is 0 Å². The molecule has 0 unspecified atom stereocenters. The first kappa shape index (κ1) is 14.1. The van der Waals surface area contributed by atoms with Crippen LogP contribution in [0.15, 0.2) is 22.9 Å². The third-order valence-electron chi connectivity index (χ3n) is 2.18. The van der Waals surface area contributed by atoms with Gasteiger partial charge in [-0.15, -0.1) is 0 Å². The molecule has 0 amide bonds. The van der Waals surface area contributed by atoms with Crippen LogP contribution < -0.4 is 0 Å². The van der Waals surface area contributed by atoms with E-state index in [0.29, 0.717) is 0 Å². The molecule has 0 N–H and O–H groups in total. The molecule has 3 nitrogen and oxygen atoms in total. The minimum Gasteiger partial charge on any atom is -0.383 e. The van der Waals surface area contributed by atoms with Gasteiger partial charge in [0.05, 0.1) is 6.61 Å². The van der Waals surface area contributed by atoms with Gasteiger partial charge in [-0.2, -0.15) is 0 Å². The monoisotopic (exact) mass is 350 g/mol. The lowest BCUT2D eigenvalue weighted by Crippen LogP contribution is -2.28. The number of hydrogen-bond acceptors (Lipinski definition) is 3. The predicted molar refractivity (Wildman–Crippen MR) is 72.9 cm³/mol. The summed E-state index contributed by atoms with van der Waals surface area (Å²) in [4.78, 5) is 6.50. The van der Waals surface area contributed by atoms with E-state index in [9.17, 15) is 0 Å². The topological polar surface area (TPSA) is 25.4 Å². The number of hydrogen-bond donors (Lipinski definition) is 0. The highest BCUT2D eigenvalue weighted by molar-refractivity contribution is 9.10. The van der Waals surface area contributed by atoms with Crippen LogP contribution in [0.4, 0.5) is 0 Å². The fourth-order valence-electron chi connectivity index (χ4n) is 1.41. The second kappa shape index (κ2) is 8.17. The van der Waals surface area contributed by atoms with Gasteiger partial charge in [-0.05, 0) is 27.6 Å². The summed E-state index contributed by atoms with van der Waals surface area (Å²) in [7, 11) is 1.73. The maximum Gasteiger partial charge on any atom is 0.0589 e. The van der Waals surface area contributed by atoms with Crippen molar-refractivity contribution < 1.29 is 4.74 Å². The fourth-order valence-corrected chi connectivity index (χ4v) is 2.32. The first-order chi connectivity index (χ1) is 7.76. The lowest BCUT2D eigenvalue weighted by atomic mass is 10.2. The minimum atomic E-state index is 0.758. The van der Waals surface area contributed by atoms with Gasteiger partial charge in [-0.25, -0.2) is 0 Å². The molecule has 0 aromatic carbocycles. The lowest BCUT2D eigenvalue weighted by Gasteiger charge is -2.20. The Hall–Kier alpha value is 0.0300. The fraction of sp³-hybridized carbons (Fsp3) is 0.545. The molecule has 16 heavy (non-hydrogen) atoms. The zero-order valence-corrected chi connectivity index (χ0v) is 12.5. The molecule has 0 fully saturated rings. The molecule has 1 aromatic rings. The highest BCUT2D eigenvalue weighted by Gasteiger charge is 2.05. The van der Waals surface area contributed by atoms with Crippen LogP contribution in [-0.2, 0) is 11.3 Å². The maximum absolute atomic E-state index is 5.10. The molecule has 0 saturated heterocycles. The van der Waals surface area contributed by atoms with Crippen molar-refractivity contribution >= 4 is 31.9 Å². The molecule has 0 bridgehead atoms. The summed E-state index contributed by atoms with van der Waals surface area (Å²) in [5.74, 6) is 0. The van der Waals surface area contributed by atoms with Gasteiger partial charge in [0, 0.05) is 48.9 Å². The molecule has 90 valence electrons. The van der Waals surface area contributed by atoms with Crippen LogP contribution in [-0.4, -0.2) is 42.0 Å². The molecule has 0 radical (unpaired) electrons. The van der Waals surface area contributed by atoms with E-state index in [2.05, 4.69) is 47.8 Å². The van der Waals surface area contributed by atoms with E-state index in [1.165, 1.54) is 5.56 Å². The Balaban J connectivity index is 2.52. The Labute approximate surface area is 113 Å². The summed E-state index contributed by atoms with van der Waals surface area (Å²) in [5, 5.41) is 0.970. The number of alkyl halides is 1. The molecule has 0 aliphatic heterocycles. The molecular formula is C11H16Br2N2O. The Kier molecular flexibility index (Phi) is 7.20. The predicted octanol–water partition coefficient (Wildman–Crippen LogP) is 2.69. The average molecular weight is 352 g/mol. The molecule has 1 heterocycles. The normalized spacial score (nSPS) is 11.0. The second-order valence-electron chi connectivity index (χ2n) is 3.47.